The lowest BCUT2D eigenvalue weighted by atomic mass is 10.1. The van der Waals surface area contributed by atoms with Crippen molar-refractivity contribution in [2.45, 2.75) is 19.4 Å². The number of thiophene rings is 1. The maximum Gasteiger partial charge on any atom is 0.276 e. The smallest absolute Gasteiger partial charge is 0.276 e. The van der Waals surface area contributed by atoms with E-state index in [-0.39, 0.29) is 18.8 Å². The van der Waals surface area contributed by atoms with Crippen LogP contribution in [0.4, 0.5) is 4.39 Å². The first-order valence-corrected chi connectivity index (χ1v) is 10.3. The number of halogens is 2. The highest BCUT2D eigenvalue weighted by molar-refractivity contribution is 14.1. The first-order valence-electron chi connectivity index (χ1n) is 8.43. The van der Waals surface area contributed by atoms with Gasteiger partial charge in [-0.2, -0.15) is 0 Å². The number of hydrogen-bond acceptors (Lipinski definition) is 6. The number of aliphatic hydroxyl groups is 2. The Labute approximate surface area is 178 Å². The summed E-state index contributed by atoms with van der Waals surface area (Å²) in [5.41, 5.74) is 3.94. The SMILES string of the molecule is Cc1ccc2c(C(=O)NOC[C@H](O)CO)c(Cc3ccc(I)cc3F)sc2n1. The summed E-state index contributed by atoms with van der Waals surface area (Å²) < 4.78 is 15.1. The Kier molecular flexibility index (Phi) is 6.94. The van der Waals surface area contributed by atoms with Crippen LogP contribution >= 0.6 is 33.9 Å². The van der Waals surface area contributed by atoms with E-state index in [9.17, 15) is 14.3 Å². The molecular weight excluding hydrogens is 498 g/mol. The van der Waals surface area contributed by atoms with Crippen LogP contribution in [0, 0.1) is 16.3 Å². The molecule has 0 saturated carbocycles. The van der Waals surface area contributed by atoms with Crippen molar-refractivity contribution < 1.29 is 24.2 Å². The predicted octanol–water partition coefficient (Wildman–Crippen LogP) is 2.95. The van der Waals surface area contributed by atoms with Gasteiger partial charge in [0.1, 0.15) is 23.4 Å². The van der Waals surface area contributed by atoms with Gasteiger partial charge < -0.3 is 10.2 Å². The van der Waals surface area contributed by atoms with Crippen LogP contribution in [0.3, 0.4) is 0 Å². The van der Waals surface area contributed by atoms with Crippen LogP contribution in [0.1, 0.15) is 26.5 Å². The molecule has 0 aliphatic carbocycles. The molecule has 0 fully saturated rings. The van der Waals surface area contributed by atoms with Gasteiger partial charge >= 0.3 is 0 Å². The van der Waals surface area contributed by atoms with E-state index in [2.05, 4.69) is 10.5 Å². The fourth-order valence-electron chi connectivity index (χ4n) is 2.64. The van der Waals surface area contributed by atoms with E-state index in [0.717, 1.165) is 9.26 Å². The van der Waals surface area contributed by atoms with Gasteiger partial charge in [0.25, 0.3) is 5.91 Å². The maximum atomic E-state index is 14.3. The largest absolute Gasteiger partial charge is 0.394 e. The highest BCUT2D eigenvalue weighted by atomic mass is 127. The summed E-state index contributed by atoms with van der Waals surface area (Å²) in [6.45, 7) is 1.14. The zero-order valence-corrected chi connectivity index (χ0v) is 17.9. The number of carbonyl (C=O) groups is 1. The van der Waals surface area contributed by atoms with E-state index >= 15 is 0 Å². The van der Waals surface area contributed by atoms with Crippen molar-refractivity contribution in [1.82, 2.24) is 10.5 Å². The minimum Gasteiger partial charge on any atom is -0.394 e. The van der Waals surface area contributed by atoms with Gasteiger partial charge in [0.05, 0.1) is 12.2 Å². The lowest BCUT2D eigenvalue weighted by Crippen LogP contribution is -2.30. The lowest BCUT2D eigenvalue weighted by molar-refractivity contribution is -0.0294. The number of pyridine rings is 1. The van der Waals surface area contributed by atoms with Crippen LogP contribution in [0.15, 0.2) is 30.3 Å². The summed E-state index contributed by atoms with van der Waals surface area (Å²) in [6.07, 6.45) is -0.852. The number of nitrogens with zero attached hydrogens (tertiary/aromatic N) is 1. The van der Waals surface area contributed by atoms with Crippen molar-refractivity contribution in [2.24, 2.45) is 0 Å². The number of nitrogens with one attached hydrogen (secondary N) is 1. The Morgan fingerprint density at radius 3 is 2.89 bits per heavy atom. The standard InChI is InChI=1S/C19H18FIN2O4S/c1-10-2-5-14-17(18(26)23-27-9-13(25)8-24)16(28-19(14)22-10)6-11-3-4-12(21)7-15(11)20/h2-5,7,13,24-25H,6,8-9H2,1H3,(H,23,26)/t13-/m1/s1. The van der Waals surface area contributed by atoms with E-state index in [0.29, 0.717) is 26.2 Å². The molecule has 3 N–H and O–H groups in total. The van der Waals surface area contributed by atoms with Gasteiger partial charge in [-0.05, 0) is 59.3 Å². The first-order chi connectivity index (χ1) is 13.4. The number of rotatable bonds is 7. The molecule has 1 atom stereocenters. The number of amides is 1. The number of aryl methyl sites for hydroxylation is 1. The van der Waals surface area contributed by atoms with Crippen molar-refractivity contribution in [1.29, 1.82) is 0 Å². The molecule has 3 rings (SSSR count). The zero-order valence-electron chi connectivity index (χ0n) is 14.9. The van der Waals surface area contributed by atoms with Crippen molar-refractivity contribution in [3.05, 3.63) is 61.4 Å². The Balaban J connectivity index is 1.94. The van der Waals surface area contributed by atoms with Crippen LogP contribution < -0.4 is 5.48 Å². The minimum atomic E-state index is -1.09. The molecule has 28 heavy (non-hydrogen) atoms. The Bertz CT molecular complexity index is 1010. The molecule has 0 spiro atoms. The average Bonchev–Trinajstić information content (AvgIpc) is 3.00. The van der Waals surface area contributed by atoms with Crippen LogP contribution in [0.5, 0.6) is 0 Å². The molecule has 2 aromatic heterocycles. The van der Waals surface area contributed by atoms with Crippen molar-refractivity contribution in [2.75, 3.05) is 13.2 Å². The second-order valence-corrected chi connectivity index (χ2v) is 8.53. The van der Waals surface area contributed by atoms with Crippen molar-refractivity contribution >= 4 is 50.1 Å². The highest BCUT2D eigenvalue weighted by Crippen LogP contribution is 2.32. The normalized spacial score (nSPS) is 12.3. The second-order valence-electron chi connectivity index (χ2n) is 6.20. The third-order valence-electron chi connectivity index (χ3n) is 4.01. The minimum absolute atomic E-state index is 0.241. The van der Waals surface area contributed by atoms with Gasteiger partial charge in [-0.1, -0.05) is 6.07 Å². The summed E-state index contributed by atoms with van der Waals surface area (Å²) >= 11 is 3.38. The molecule has 9 heteroatoms. The van der Waals surface area contributed by atoms with E-state index in [4.69, 9.17) is 9.94 Å². The van der Waals surface area contributed by atoms with Gasteiger partial charge in [0.2, 0.25) is 0 Å². The Hall–Kier alpha value is -1.66. The fourth-order valence-corrected chi connectivity index (χ4v) is 4.33. The summed E-state index contributed by atoms with van der Waals surface area (Å²) in [4.78, 5) is 23.5. The molecule has 2 heterocycles. The van der Waals surface area contributed by atoms with E-state index < -0.39 is 18.6 Å². The number of hydroxylamine groups is 1. The Morgan fingerprint density at radius 2 is 2.18 bits per heavy atom. The highest BCUT2D eigenvalue weighted by Gasteiger charge is 2.21. The number of fused-ring (bicyclic) bond motifs is 1. The fraction of sp³-hybridized carbons (Fsp3) is 0.263. The van der Waals surface area contributed by atoms with Crippen molar-refractivity contribution in [3.8, 4) is 0 Å². The van der Waals surface area contributed by atoms with E-state index in [1.165, 1.54) is 17.4 Å². The van der Waals surface area contributed by atoms with Gasteiger partial charge in [0, 0.05) is 25.9 Å². The quantitative estimate of drug-likeness (QED) is 0.332. The Morgan fingerprint density at radius 1 is 1.39 bits per heavy atom. The number of benzene rings is 1. The lowest BCUT2D eigenvalue weighted by Gasteiger charge is -2.10. The number of carbonyl (C=O) groups excluding carboxylic acids is 1. The van der Waals surface area contributed by atoms with Gasteiger partial charge in [0.15, 0.2) is 0 Å². The molecule has 148 valence electrons. The summed E-state index contributed by atoms with van der Waals surface area (Å²) in [7, 11) is 0. The topological polar surface area (TPSA) is 91.7 Å². The average molecular weight is 516 g/mol. The molecule has 6 nitrogen and oxygen atoms in total. The molecule has 0 aliphatic heterocycles. The van der Waals surface area contributed by atoms with E-state index in [1.807, 2.05) is 35.6 Å². The second kappa shape index (κ2) is 9.23. The molecule has 0 unspecified atom stereocenters. The molecule has 0 bridgehead atoms. The number of aromatic nitrogens is 1. The third-order valence-corrected chi connectivity index (χ3v) is 5.78. The molecular formula is C19H18FIN2O4S. The molecule has 3 aromatic rings. The van der Waals surface area contributed by atoms with Crippen LogP contribution in [-0.2, 0) is 11.3 Å². The van der Waals surface area contributed by atoms with E-state index in [1.54, 1.807) is 18.2 Å². The van der Waals surface area contributed by atoms with Gasteiger partial charge in [-0.3, -0.25) is 9.63 Å². The van der Waals surface area contributed by atoms with Gasteiger partial charge in [-0.25, -0.2) is 14.9 Å². The van der Waals surface area contributed by atoms with Gasteiger partial charge in [-0.15, -0.1) is 11.3 Å². The summed E-state index contributed by atoms with van der Waals surface area (Å²) in [5, 5.41) is 18.8. The van der Waals surface area contributed by atoms with Crippen LogP contribution in [-0.4, -0.2) is 40.4 Å². The molecule has 0 radical (unpaired) electrons. The number of aliphatic hydroxyl groups excluding tert-OH is 2. The molecule has 0 aliphatic rings. The zero-order chi connectivity index (χ0) is 20.3. The van der Waals surface area contributed by atoms with Crippen LogP contribution in [0.25, 0.3) is 10.2 Å². The van der Waals surface area contributed by atoms with Crippen molar-refractivity contribution in [3.63, 3.8) is 0 Å². The molecule has 0 saturated heterocycles. The maximum absolute atomic E-state index is 14.3. The van der Waals surface area contributed by atoms with Crippen LogP contribution in [0.2, 0.25) is 0 Å². The molecule has 1 amide bonds. The molecule has 1 aromatic carbocycles. The predicted molar refractivity (Wildman–Crippen MR) is 113 cm³/mol. The summed E-state index contributed by atoms with van der Waals surface area (Å²) in [6, 6.07) is 8.57. The monoisotopic (exact) mass is 516 g/mol. The summed E-state index contributed by atoms with van der Waals surface area (Å²) in [5.74, 6) is -0.842. The number of hydrogen-bond donors (Lipinski definition) is 3. The first kappa shape index (κ1) is 21.1. The third kappa shape index (κ3) is 4.84.